The van der Waals surface area contributed by atoms with Gasteiger partial charge in [0.05, 0.1) is 0 Å². The summed E-state index contributed by atoms with van der Waals surface area (Å²) in [4.78, 5) is 3.53. The Hall–Kier alpha value is -1.05. The van der Waals surface area contributed by atoms with Crippen molar-refractivity contribution >= 4 is 10.0 Å². The average Bonchev–Trinajstić information content (AvgIpc) is 2.16. The van der Waals surface area contributed by atoms with Crippen LogP contribution in [0.4, 0.5) is 4.39 Å². The van der Waals surface area contributed by atoms with Crippen molar-refractivity contribution in [2.45, 2.75) is 18.0 Å². The van der Waals surface area contributed by atoms with Gasteiger partial charge in [-0.25, -0.2) is 17.8 Å². The van der Waals surface area contributed by atoms with E-state index in [4.69, 9.17) is 5.73 Å². The SMILES string of the molecule is CC(N)CN(C)S(=O)(=O)c1ncccc1F. The summed E-state index contributed by atoms with van der Waals surface area (Å²) in [6.45, 7) is 1.78. The lowest BCUT2D eigenvalue weighted by molar-refractivity contribution is 0.436. The molecule has 2 N–H and O–H groups in total. The van der Waals surface area contributed by atoms with E-state index in [-0.39, 0.29) is 12.6 Å². The minimum absolute atomic E-state index is 0.109. The summed E-state index contributed by atoms with van der Waals surface area (Å²) in [5, 5.41) is -0.571. The number of aromatic nitrogens is 1. The number of nitrogens with zero attached hydrogens (tertiary/aromatic N) is 2. The van der Waals surface area contributed by atoms with E-state index >= 15 is 0 Å². The fourth-order valence-corrected chi connectivity index (χ4v) is 2.45. The first-order valence-corrected chi connectivity index (χ1v) is 6.12. The molecule has 16 heavy (non-hydrogen) atoms. The Bertz CT molecular complexity index is 462. The molecule has 7 heteroatoms. The van der Waals surface area contributed by atoms with Crippen LogP contribution in [0, 0.1) is 5.82 Å². The van der Waals surface area contributed by atoms with Gasteiger partial charge in [-0.1, -0.05) is 0 Å². The second-order valence-corrected chi connectivity index (χ2v) is 5.51. The molecule has 1 aromatic heterocycles. The highest BCUT2D eigenvalue weighted by atomic mass is 32.2. The van der Waals surface area contributed by atoms with Crippen molar-refractivity contribution in [2.24, 2.45) is 5.73 Å². The first-order chi connectivity index (χ1) is 7.35. The molecule has 1 unspecified atom stereocenters. The van der Waals surface area contributed by atoms with Crippen molar-refractivity contribution in [3.63, 3.8) is 0 Å². The second-order valence-electron chi connectivity index (χ2n) is 3.55. The van der Waals surface area contributed by atoms with Crippen LogP contribution >= 0.6 is 0 Å². The summed E-state index contributed by atoms with van der Waals surface area (Å²) in [5.41, 5.74) is 5.49. The molecule has 1 rings (SSSR count). The zero-order valence-corrected chi connectivity index (χ0v) is 9.91. The van der Waals surface area contributed by atoms with Crippen molar-refractivity contribution in [3.8, 4) is 0 Å². The Labute approximate surface area is 94.1 Å². The summed E-state index contributed by atoms with van der Waals surface area (Å²) in [6.07, 6.45) is 1.23. The predicted octanol–water partition coefficient (Wildman–Crippen LogP) is 0.188. The lowest BCUT2D eigenvalue weighted by atomic mass is 10.4. The van der Waals surface area contributed by atoms with Crippen LogP contribution in [0.1, 0.15) is 6.92 Å². The van der Waals surface area contributed by atoms with Crippen molar-refractivity contribution in [1.29, 1.82) is 0 Å². The topological polar surface area (TPSA) is 76.3 Å². The molecule has 0 saturated heterocycles. The van der Waals surface area contributed by atoms with Crippen LogP contribution in [0.25, 0.3) is 0 Å². The van der Waals surface area contributed by atoms with E-state index in [0.29, 0.717) is 0 Å². The van der Waals surface area contributed by atoms with Crippen LogP contribution in [0.5, 0.6) is 0 Å². The summed E-state index contributed by atoms with van der Waals surface area (Å²) in [7, 11) is -2.56. The third-order valence-electron chi connectivity index (χ3n) is 1.92. The van der Waals surface area contributed by atoms with Gasteiger partial charge >= 0.3 is 0 Å². The lowest BCUT2D eigenvalue weighted by Gasteiger charge is -2.18. The number of hydrogen-bond acceptors (Lipinski definition) is 4. The molecule has 0 fully saturated rings. The molecule has 1 heterocycles. The molecule has 90 valence electrons. The number of rotatable bonds is 4. The monoisotopic (exact) mass is 247 g/mol. The standard InChI is InChI=1S/C9H14FN3O2S/c1-7(11)6-13(2)16(14,15)9-8(10)4-3-5-12-9/h3-5,7H,6,11H2,1-2H3. The second kappa shape index (κ2) is 4.86. The minimum atomic E-state index is -3.90. The van der Waals surface area contributed by atoms with Crippen molar-refractivity contribution in [2.75, 3.05) is 13.6 Å². The molecule has 0 aliphatic heterocycles. The fourth-order valence-electron chi connectivity index (χ4n) is 1.21. The third kappa shape index (κ3) is 2.75. The maximum absolute atomic E-state index is 13.3. The van der Waals surface area contributed by atoms with Crippen molar-refractivity contribution in [1.82, 2.24) is 9.29 Å². The Morgan fingerprint density at radius 2 is 2.25 bits per heavy atom. The van der Waals surface area contributed by atoms with Gasteiger partial charge in [0.2, 0.25) is 5.03 Å². The van der Waals surface area contributed by atoms with Crippen molar-refractivity contribution in [3.05, 3.63) is 24.1 Å². The van der Waals surface area contributed by atoms with Gasteiger partial charge in [-0.15, -0.1) is 0 Å². The molecule has 5 nitrogen and oxygen atoms in total. The fraction of sp³-hybridized carbons (Fsp3) is 0.444. The third-order valence-corrected chi connectivity index (χ3v) is 3.68. The first-order valence-electron chi connectivity index (χ1n) is 4.68. The molecule has 0 radical (unpaired) electrons. The van der Waals surface area contributed by atoms with E-state index in [0.717, 1.165) is 10.4 Å². The smallest absolute Gasteiger partial charge is 0.263 e. The zero-order chi connectivity index (χ0) is 12.3. The highest BCUT2D eigenvalue weighted by Gasteiger charge is 2.26. The van der Waals surface area contributed by atoms with Gasteiger partial charge in [-0.2, -0.15) is 4.31 Å². The van der Waals surface area contributed by atoms with Crippen LogP contribution in [-0.2, 0) is 10.0 Å². The maximum Gasteiger partial charge on any atom is 0.263 e. The number of sulfonamides is 1. The Morgan fingerprint density at radius 1 is 1.62 bits per heavy atom. The number of halogens is 1. The molecule has 0 aliphatic carbocycles. The molecule has 1 atom stereocenters. The van der Waals surface area contributed by atoms with Gasteiger partial charge in [-0.05, 0) is 19.1 Å². The first kappa shape index (κ1) is 13.0. The van der Waals surface area contributed by atoms with Gasteiger partial charge < -0.3 is 5.73 Å². The van der Waals surface area contributed by atoms with Crippen LogP contribution in [0.15, 0.2) is 23.4 Å². The Morgan fingerprint density at radius 3 is 2.75 bits per heavy atom. The highest BCUT2D eigenvalue weighted by Crippen LogP contribution is 2.14. The average molecular weight is 247 g/mol. The largest absolute Gasteiger partial charge is 0.327 e. The van der Waals surface area contributed by atoms with E-state index in [1.165, 1.54) is 19.3 Å². The molecular formula is C9H14FN3O2S. The normalized spacial score (nSPS) is 14.1. The van der Waals surface area contributed by atoms with Gasteiger partial charge in [0.25, 0.3) is 10.0 Å². The Kier molecular flexibility index (Phi) is 3.95. The zero-order valence-electron chi connectivity index (χ0n) is 9.09. The molecule has 1 aromatic rings. The Balaban J connectivity index is 3.08. The van der Waals surface area contributed by atoms with Gasteiger partial charge in [0.15, 0.2) is 5.82 Å². The predicted molar refractivity (Wildman–Crippen MR) is 57.7 cm³/mol. The molecule has 0 spiro atoms. The van der Waals surface area contributed by atoms with Gasteiger partial charge in [-0.3, -0.25) is 0 Å². The minimum Gasteiger partial charge on any atom is -0.327 e. The van der Waals surface area contributed by atoms with E-state index in [9.17, 15) is 12.8 Å². The van der Waals surface area contributed by atoms with Crippen LogP contribution in [0.3, 0.4) is 0 Å². The number of likely N-dealkylation sites (N-methyl/N-ethyl adjacent to an activating group) is 1. The summed E-state index contributed by atoms with van der Waals surface area (Å²) in [6, 6.07) is 2.06. The van der Waals surface area contributed by atoms with Crippen LogP contribution in [-0.4, -0.2) is 37.3 Å². The molecule has 0 amide bonds. The van der Waals surface area contributed by atoms with Crippen LogP contribution in [0.2, 0.25) is 0 Å². The van der Waals surface area contributed by atoms with Gasteiger partial charge in [0, 0.05) is 25.8 Å². The van der Waals surface area contributed by atoms with Gasteiger partial charge in [0.1, 0.15) is 0 Å². The molecule has 0 aliphatic rings. The molecular weight excluding hydrogens is 233 g/mol. The molecule has 0 bridgehead atoms. The lowest BCUT2D eigenvalue weighted by Crippen LogP contribution is -2.37. The maximum atomic E-state index is 13.3. The molecule has 0 aromatic carbocycles. The van der Waals surface area contributed by atoms with E-state index in [1.807, 2.05) is 0 Å². The number of pyridine rings is 1. The summed E-state index contributed by atoms with van der Waals surface area (Å²) >= 11 is 0. The highest BCUT2D eigenvalue weighted by molar-refractivity contribution is 7.89. The van der Waals surface area contributed by atoms with Crippen LogP contribution < -0.4 is 5.73 Å². The molecule has 0 saturated carbocycles. The van der Waals surface area contributed by atoms with E-state index < -0.39 is 20.9 Å². The summed E-state index contributed by atoms with van der Waals surface area (Å²) < 4.78 is 38.0. The van der Waals surface area contributed by atoms with Crippen molar-refractivity contribution < 1.29 is 12.8 Å². The number of hydrogen-bond donors (Lipinski definition) is 1. The number of nitrogens with two attached hydrogens (primary N) is 1. The quantitative estimate of drug-likeness (QED) is 0.824. The summed E-state index contributed by atoms with van der Waals surface area (Å²) in [5.74, 6) is -0.862. The van der Waals surface area contributed by atoms with E-state index in [2.05, 4.69) is 4.98 Å². The van der Waals surface area contributed by atoms with E-state index in [1.54, 1.807) is 6.92 Å².